The van der Waals surface area contributed by atoms with Gasteiger partial charge in [0, 0.05) is 38.2 Å². The van der Waals surface area contributed by atoms with Crippen LogP contribution in [0.25, 0.3) is 0 Å². The van der Waals surface area contributed by atoms with Gasteiger partial charge in [0.15, 0.2) is 5.82 Å². The summed E-state index contributed by atoms with van der Waals surface area (Å²) < 4.78 is 7.26. The van der Waals surface area contributed by atoms with Gasteiger partial charge in [0.2, 0.25) is 5.91 Å². The second-order valence-electron chi connectivity index (χ2n) is 5.79. The fourth-order valence-corrected chi connectivity index (χ4v) is 3.17. The van der Waals surface area contributed by atoms with Gasteiger partial charge in [0.1, 0.15) is 12.4 Å². The minimum Gasteiger partial charge on any atom is -0.377 e. The third-order valence-corrected chi connectivity index (χ3v) is 4.33. The molecule has 0 radical (unpaired) electrons. The third kappa shape index (κ3) is 2.72. The van der Waals surface area contributed by atoms with Crippen molar-refractivity contribution in [3.8, 4) is 0 Å². The Morgan fingerprint density at radius 1 is 1.43 bits per heavy atom. The van der Waals surface area contributed by atoms with Gasteiger partial charge < -0.3 is 14.2 Å². The molecule has 1 aliphatic carbocycles. The van der Waals surface area contributed by atoms with E-state index in [0.29, 0.717) is 13.2 Å². The van der Waals surface area contributed by atoms with Crippen LogP contribution in [0.15, 0.2) is 11.6 Å². The summed E-state index contributed by atoms with van der Waals surface area (Å²) in [6.07, 6.45) is 5.90. The smallest absolute Gasteiger partial charge is 0.249 e. The van der Waals surface area contributed by atoms with Crippen molar-refractivity contribution in [3.63, 3.8) is 0 Å². The zero-order chi connectivity index (χ0) is 14.8. The van der Waals surface area contributed by atoms with Crippen molar-refractivity contribution >= 4 is 5.91 Å². The highest BCUT2D eigenvalue weighted by molar-refractivity contribution is 5.94. The number of methoxy groups -OCH3 is 1. The molecule has 1 aliphatic heterocycles. The second-order valence-corrected chi connectivity index (χ2v) is 5.79. The molecule has 1 aromatic heterocycles. The molecule has 6 heteroatoms. The van der Waals surface area contributed by atoms with Crippen LogP contribution in [-0.4, -0.2) is 45.3 Å². The van der Waals surface area contributed by atoms with Gasteiger partial charge in [-0.3, -0.25) is 4.79 Å². The highest BCUT2D eigenvalue weighted by Gasteiger charge is 2.29. The van der Waals surface area contributed by atoms with Crippen molar-refractivity contribution in [2.45, 2.75) is 51.8 Å². The summed E-state index contributed by atoms with van der Waals surface area (Å²) >= 11 is 0. The Bertz CT molecular complexity index is 564. The summed E-state index contributed by atoms with van der Waals surface area (Å²) in [4.78, 5) is 14.6. The lowest BCUT2D eigenvalue weighted by Crippen LogP contribution is -2.40. The van der Waals surface area contributed by atoms with Crippen molar-refractivity contribution in [1.29, 1.82) is 0 Å². The molecule has 6 nitrogen and oxygen atoms in total. The molecule has 0 saturated carbocycles. The van der Waals surface area contributed by atoms with Gasteiger partial charge in [-0.05, 0) is 26.2 Å². The zero-order valence-electron chi connectivity index (χ0n) is 12.7. The Hall–Kier alpha value is -1.69. The Kier molecular flexibility index (Phi) is 4.05. The topological polar surface area (TPSA) is 60.3 Å². The largest absolute Gasteiger partial charge is 0.377 e. The van der Waals surface area contributed by atoms with Crippen molar-refractivity contribution in [3.05, 3.63) is 23.3 Å². The normalized spacial score (nSPS) is 21.9. The van der Waals surface area contributed by atoms with Gasteiger partial charge in [-0.1, -0.05) is 6.08 Å². The van der Waals surface area contributed by atoms with E-state index in [1.807, 2.05) is 4.90 Å². The van der Waals surface area contributed by atoms with Crippen LogP contribution in [0.3, 0.4) is 0 Å². The lowest BCUT2D eigenvalue weighted by Gasteiger charge is -2.27. The lowest BCUT2D eigenvalue weighted by atomic mass is 10.1. The van der Waals surface area contributed by atoms with E-state index in [0.717, 1.165) is 49.4 Å². The van der Waals surface area contributed by atoms with Gasteiger partial charge in [0.25, 0.3) is 0 Å². The molecule has 1 aromatic rings. The van der Waals surface area contributed by atoms with Crippen LogP contribution in [0.2, 0.25) is 0 Å². The maximum atomic E-state index is 12.6. The van der Waals surface area contributed by atoms with Crippen LogP contribution in [-0.2, 0) is 29.1 Å². The SMILES string of the molecule is COCc1nnc2n1CCN(C(=O)C1=CCCC1)C(C)C2. The molecule has 0 fully saturated rings. The summed E-state index contributed by atoms with van der Waals surface area (Å²) in [5, 5.41) is 8.44. The summed E-state index contributed by atoms with van der Waals surface area (Å²) in [6, 6.07) is 0.153. The summed E-state index contributed by atoms with van der Waals surface area (Å²) in [5.41, 5.74) is 0.983. The molecule has 2 aliphatic rings. The number of allylic oxidation sites excluding steroid dienone is 1. The fraction of sp³-hybridized carbons (Fsp3) is 0.667. The number of hydrogen-bond acceptors (Lipinski definition) is 4. The standard InChI is InChI=1S/C15H22N4O2/c1-11-9-13-16-17-14(10-21-2)19(13)8-7-18(11)15(20)12-5-3-4-6-12/h5,11H,3-4,6-10H2,1-2H3. The van der Waals surface area contributed by atoms with E-state index in [4.69, 9.17) is 4.74 Å². The van der Waals surface area contributed by atoms with Crippen molar-refractivity contribution in [1.82, 2.24) is 19.7 Å². The number of fused-ring (bicyclic) bond motifs is 1. The molecule has 3 rings (SSSR count). The molecule has 0 N–H and O–H groups in total. The molecular formula is C15H22N4O2. The average Bonchev–Trinajstić information content (AvgIpc) is 3.08. The van der Waals surface area contributed by atoms with Crippen LogP contribution < -0.4 is 0 Å². The molecule has 2 heterocycles. The lowest BCUT2D eigenvalue weighted by molar-refractivity contribution is -0.129. The molecule has 0 aromatic carbocycles. The molecule has 1 amide bonds. The van der Waals surface area contributed by atoms with Crippen LogP contribution in [0.4, 0.5) is 0 Å². The monoisotopic (exact) mass is 290 g/mol. The summed E-state index contributed by atoms with van der Waals surface area (Å²) in [7, 11) is 1.66. The Labute approximate surface area is 124 Å². The molecule has 0 spiro atoms. The molecule has 1 unspecified atom stereocenters. The fourth-order valence-electron chi connectivity index (χ4n) is 3.17. The number of carbonyl (C=O) groups excluding carboxylic acids is 1. The first-order chi connectivity index (χ1) is 10.2. The number of nitrogens with zero attached hydrogens (tertiary/aromatic N) is 4. The van der Waals surface area contributed by atoms with E-state index in [-0.39, 0.29) is 11.9 Å². The van der Waals surface area contributed by atoms with E-state index in [1.165, 1.54) is 0 Å². The number of aromatic nitrogens is 3. The van der Waals surface area contributed by atoms with Gasteiger partial charge in [0.05, 0.1) is 0 Å². The molecular weight excluding hydrogens is 268 g/mol. The molecule has 0 bridgehead atoms. The number of rotatable bonds is 3. The summed E-state index contributed by atoms with van der Waals surface area (Å²) in [6.45, 7) is 4.00. The Morgan fingerprint density at radius 2 is 2.29 bits per heavy atom. The maximum absolute atomic E-state index is 12.6. The van der Waals surface area contributed by atoms with Crippen LogP contribution >= 0.6 is 0 Å². The molecule has 0 saturated heterocycles. The van der Waals surface area contributed by atoms with E-state index >= 15 is 0 Å². The van der Waals surface area contributed by atoms with Crippen molar-refractivity contribution < 1.29 is 9.53 Å². The Balaban J connectivity index is 1.78. The highest BCUT2D eigenvalue weighted by Crippen LogP contribution is 2.23. The van der Waals surface area contributed by atoms with Gasteiger partial charge >= 0.3 is 0 Å². The average molecular weight is 290 g/mol. The van der Waals surface area contributed by atoms with Crippen molar-refractivity contribution in [2.24, 2.45) is 0 Å². The number of amides is 1. The van der Waals surface area contributed by atoms with E-state index < -0.39 is 0 Å². The number of ether oxygens (including phenoxy) is 1. The minimum absolute atomic E-state index is 0.153. The molecule has 21 heavy (non-hydrogen) atoms. The van der Waals surface area contributed by atoms with E-state index in [2.05, 4.69) is 27.8 Å². The second kappa shape index (κ2) is 5.97. The first-order valence-electron chi connectivity index (χ1n) is 7.60. The number of hydrogen-bond donors (Lipinski definition) is 0. The highest BCUT2D eigenvalue weighted by atomic mass is 16.5. The maximum Gasteiger partial charge on any atom is 0.249 e. The third-order valence-electron chi connectivity index (χ3n) is 4.33. The number of carbonyl (C=O) groups is 1. The Morgan fingerprint density at radius 3 is 3.00 bits per heavy atom. The zero-order valence-corrected chi connectivity index (χ0v) is 12.7. The first-order valence-corrected chi connectivity index (χ1v) is 7.60. The van der Waals surface area contributed by atoms with Gasteiger partial charge in [-0.2, -0.15) is 0 Å². The van der Waals surface area contributed by atoms with Crippen LogP contribution in [0, 0.1) is 0 Å². The van der Waals surface area contributed by atoms with Crippen LogP contribution in [0.1, 0.15) is 37.8 Å². The van der Waals surface area contributed by atoms with Gasteiger partial charge in [-0.15, -0.1) is 10.2 Å². The summed E-state index contributed by atoms with van der Waals surface area (Å²) in [5.74, 6) is 1.99. The van der Waals surface area contributed by atoms with Crippen molar-refractivity contribution in [2.75, 3.05) is 13.7 Å². The predicted octanol–water partition coefficient (Wildman–Crippen LogP) is 1.31. The van der Waals surface area contributed by atoms with Gasteiger partial charge in [-0.25, -0.2) is 0 Å². The van der Waals surface area contributed by atoms with E-state index in [1.54, 1.807) is 7.11 Å². The predicted molar refractivity (Wildman–Crippen MR) is 77.5 cm³/mol. The van der Waals surface area contributed by atoms with E-state index in [9.17, 15) is 4.79 Å². The minimum atomic E-state index is 0.153. The van der Waals surface area contributed by atoms with Crippen LogP contribution in [0.5, 0.6) is 0 Å². The molecule has 114 valence electrons. The molecule has 1 atom stereocenters. The quantitative estimate of drug-likeness (QED) is 0.842. The first kappa shape index (κ1) is 14.3.